The van der Waals surface area contributed by atoms with Crippen LogP contribution in [0, 0.1) is 5.82 Å². The SMILES string of the molecule is CN(CC(=O)O)C(=O)Cc1ccc2c(c1)CC(C)(Cc1ccc(Cl)c(F)c1)O2. The van der Waals surface area contributed by atoms with Gasteiger partial charge in [-0.25, -0.2) is 4.39 Å². The fourth-order valence-corrected chi connectivity index (χ4v) is 3.58. The van der Waals surface area contributed by atoms with Gasteiger partial charge in [0.25, 0.3) is 0 Å². The number of hydrogen-bond donors (Lipinski definition) is 1. The Bertz CT molecular complexity index is 933. The summed E-state index contributed by atoms with van der Waals surface area (Å²) in [6.07, 6.45) is 1.27. The number of benzene rings is 2. The Morgan fingerprint density at radius 1 is 1.25 bits per heavy atom. The van der Waals surface area contributed by atoms with Crippen molar-refractivity contribution in [2.45, 2.75) is 31.8 Å². The lowest BCUT2D eigenvalue weighted by Gasteiger charge is -2.24. The summed E-state index contributed by atoms with van der Waals surface area (Å²) in [4.78, 5) is 24.1. The second-order valence-corrected chi connectivity index (χ2v) is 7.82. The summed E-state index contributed by atoms with van der Waals surface area (Å²) in [5, 5.41) is 8.89. The summed E-state index contributed by atoms with van der Waals surface area (Å²) < 4.78 is 19.8. The van der Waals surface area contributed by atoms with Crippen molar-refractivity contribution in [3.63, 3.8) is 0 Å². The summed E-state index contributed by atoms with van der Waals surface area (Å²) in [7, 11) is 1.47. The highest BCUT2D eigenvalue weighted by molar-refractivity contribution is 6.30. The first kappa shape index (κ1) is 20.1. The largest absolute Gasteiger partial charge is 0.487 e. The van der Waals surface area contributed by atoms with E-state index in [2.05, 4.69) is 0 Å². The molecule has 0 spiro atoms. The van der Waals surface area contributed by atoms with Gasteiger partial charge in [0.15, 0.2) is 0 Å². The van der Waals surface area contributed by atoms with Crippen molar-refractivity contribution in [3.05, 3.63) is 63.9 Å². The smallest absolute Gasteiger partial charge is 0.323 e. The summed E-state index contributed by atoms with van der Waals surface area (Å²) in [6, 6.07) is 10.3. The van der Waals surface area contributed by atoms with Crippen molar-refractivity contribution in [2.24, 2.45) is 0 Å². The van der Waals surface area contributed by atoms with Crippen molar-refractivity contribution in [3.8, 4) is 5.75 Å². The molecule has 0 radical (unpaired) electrons. The predicted molar refractivity (Wildman–Crippen MR) is 103 cm³/mol. The van der Waals surface area contributed by atoms with Crippen LogP contribution in [0.4, 0.5) is 4.39 Å². The topological polar surface area (TPSA) is 66.8 Å². The number of carboxylic acids is 1. The lowest BCUT2D eigenvalue weighted by atomic mass is 9.91. The molecule has 0 aromatic heterocycles. The van der Waals surface area contributed by atoms with Gasteiger partial charge in [0, 0.05) is 19.9 Å². The van der Waals surface area contributed by atoms with Crippen LogP contribution in [0.1, 0.15) is 23.6 Å². The molecule has 1 aliphatic rings. The van der Waals surface area contributed by atoms with Gasteiger partial charge < -0.3 is 14.7 Å². The Hall–Kier alpha value is -2.60. The first-order valence-corrected chi connectivity index (χ1v) is 9.23. The van der Waals surface area contributed by atoms with E-state index in [4.69, 9.17) is 21.4 Å². The molecule has 0 saturated carbocycles. The quantitative estimate of drug-likeness (QED) is 0.798. The number of carboxylic acid groups (broad SMARTS) is 1. The van der Waals surface area contributed by atoms with E-state index < -0.39 is 17.4 Å². The summed E-state index contributed by atoms with van der Waals surface area (Å²) in [5.41, 5.74) is 2.04. The lowest BCUT2D eigenvalue weighted by Crippen LogP contribution is -2.33. The van der Waals surface area contributed by atoms with Gasteiger partial charge in [0.2, 0.25) is 5.91 Å². The Labute approximate surface area is 167 Å². The standard InChI is InChI=1S/C21H21ClFNO4/c1-21(10-14-3-5-16(22)17(23)8-14)11-15-7-13(4-6-18(15)28-21)9-19(25)24(2)12-20(26)27/h3-8H,9-12H2,1-2H3,(H,26,27). The molecule has 1 heterocycles. The minimum Gasteiger partial charge on any atom is -0.487 e. The Morgan fingerprint density at radius 3 is 2.64 bits per heavy atom. The molecule has 0 aliphatic carbocycles. The number of likely N-dealkylation sites (N-methyl/N-ethyl adjacent to an activating group) is 1. The average Bonchev–Trinajstić information content (AvgIpc) is 2.92. The van der Waals surface area contributed by atoms with Gasteiger partial charge in [-0.3, -0.25) is 9.59 Å². The predicted octanol–water partition coefficient (Wildman–Crippen LogP) is 3.50. The number of amides is 1. The first-order chi connectivity index (χ1) is 13.1. The first-order valence-electron chi connectivity index (χ1n) is 8.86. The average molecular weight is 406 g/mol. The zero-order valence-electron chi connectivity index (χ0n) is 15.7. The number of ether oxygens (including phenoxy) is 1. The van der Waals surface area contributed by atoms with E-state index in [1.165, 1.54) is 24.1 Å². The Balaban J connectivity index is 1.69. The van der Waals surface area contributed by atoms with E-state index in [-0.39, 0.29) is 23.9 Å². The van der Waals surface area contributed by atoms with Gasteiger partial charge >= 0.3 is 5.97 Å². The highest BCUT2D eigenvalue weighted by atomic mass is 35.5. The van der Waals surface area contributed by atoms with Gasteiger partial charge in [-0.15, -0.1) is 0 Å². The molecular formula is C21H21ClFNO4. The van der Waals surface area contributed by atoms with Crippen LogP contribution in [0.15, 0.2) is 36.4 Å². The van der Waals surface area contributed by atoms with Gasteiger partial charge in [0.05, 0.1) is 11.4 Å². The fourth-order valence-electron chi connectivity index (χ4n) is 3.47. The van der Waals surface area contributed by atoms with Crippen molar-refractivity contribution in [1.82, 2.24) is 4.90 Å². The number of hydrogen-bond acceptors (Lipinski definition) is 3. The third-order valence-corrected chi connectivity index (χ3v) is 5.07. The maximum Gasteiger partial charge on any atom is 0.323 e. The molecule has 2 aromatic carbocycles. The number of nitrogens with zero attached hydrogens (tertiary/aromatic N) is 1. The molecule has 1 unspecified atom stereocenters. The maximum atomic E-state index is 13.7. The third-order valence-electron chi connectivity index (χ3n) is 4.76. The van der Waals surface area contributed by atoms with Crippen molar-refractivity contribution in [1.29, 1.82) is 0 Å². The molecule has 0 saturated heterocycles. The normalized spacial score (nSPS) is 17.7. The lowest BCUT2D eigenvalue weighted by molar-refractivity contribution is -0.143. The molecule has 5 nitrogen and oxygen atoms in total. The molecular weight excluding hydrogens is 385 g/mol. The molecule has 7 heteroatoms. The van der Waals surface area contributed by atoms with Crippen LogP contribution in [0.5, 0.6) is 5.75 Å². The van der Waals surface area contributed by atoms with Crippen LogP contribution in [0.25, 0.3) is 0 Å². The Morgan fingerprint density at radius 2 is 1.96 bits per heavy atom. The van der Waals surface area contributed by atoms with E-state index in [0.717, 1.165) is 22.4 Å². The number of halogens is 2. The molecule has 0 fully saturated rings. The molecule has 1 aliphatic heterocycles. The highest BCUT2D eigenvalue weighted by Crippen LogP contribution is 2.37. The summed E-state index contributed by atoms with van der Waals surface area (Å²) >= 11 is 5.74. The molecule has 0 bridgehead atoms. The van der Waals surface area contributed by atoms with Crippen molar-refractivity contribution in [2.75, 3.05) is 13.6 Å². The second-order valence-electron chi connectivity index (χ2n) is 7.42. The number of carbonyl (C=O) groups excluding carboxylic acids is 1. The summed E-state index contributed by atoms with van der Waals surface area (Å²) in [5.74, 6) is -1.02. The van der Waals surface area contributed by atoms with Crippen LogP contribution in [0.2, 0.25) is 5.02 Å². The maximum absolute atomic E-state index is 13.7. The van der Waals surface area contributed by atoms with Crippen LogP contribution < -0.4 is 4.74 Å². The minimum atomic E-state index is -1.05. The van der Waals surface area contributed by atoms with Crippen molar-refractivity contribution >= 4 is 23.5 Å². The molecule has 1 atom stereocenters. The van der Waals surface area contributed by atoms with Gasteiger partial charge in [-0.1, -0.05) is 29.8 Å². The molecule has 28 heavy (non-hydrogen) atoms. The zero-order valence-corrected chi connectivity index (χ0v) is 16.4. The van der Waals surface area contributed by atoms with Gasteiger partial charge in [0.1, 0.15) is 23.7 Å². The number of rotatable bonds is 6. The highest BCUT2D eigenvalue weighted by Gasteiger charge is 2.35. The summed E-state index contributed by atoms with van der Waals surface area (Å²) in [6.45, 7) is 1.63. The van der Waals surface area contributed by atoms with E-state index in [9.17, 15) is 14.0 Å². The van der Waals surface area contributed by atoms with Crippen LogP contribution in [0.3, 0.4) is 0 Å². The molecule has 1 amide bonds. The zero-order chi connectivity index (χ0) is 20.5. The van der Waals surface area contributed by atoms with E-state index >= 15 is 0 Å². The second kappa shape index (κ2) is 7.80. The van der Waals surface area contributed by atoms with E-state index in [0.29, 0.717) is 12.8 Å². The van der Waals surface area contributed by atoms with Gasteiger partial charge in [-0.2, -0.15) is 0 Å². The van der Waals surface area contributed by atoms with E-state index in [1.54, 1.807) is 12.1 Å². The third kappa shape index (κ3) is 4.62. The van der Waals surface area contributed by atoms with Crippen LogP contribution in [-0.4, -0.2) is 41.1 Å². The van der Waals surface area contributed by atoms with Gasteiger partial charge in [-0.05, 0) is 41.8 Å². The fraction of sp³-hybridized carbons (Fsp3) is 0.333. The molecule has 3 rings (SSSR count). The number of aliphatic carboxylic acids is 1. The molecule has 148 valence electrons. The Kier molecular flexibility index (Phi) is 5.61. The van der Waals surface area contributed by atoms with E-state index in [1.807, 2.05) is 19.1 Å². The van der Waals surface area contributed by atoms with Crippen LogP contribution in [-0.2, 0) is 28.9 Å². The monoisotopic (exact) mass is 405 g/mol. The number of fused-ring (bicyclic) bond motifs is 1. The minimum absolute atomic E-state index is 0.0895. The molecule has 2 aromatic rings. The molecule has 1 N–H and O–H groups in total. The van der Waals surface area contributed by atoms with Crippen molar-refractivity contribution < 1.29 is 23.8 Å². The number of carbonyl (C=O) groups is 2. The van der Waals surface area contributed by atoms with Crippen LogP contribution >= 0.6 is 11.6 Å².